The highest BCUT2D eigenvalue weighted by Crippen LogP contribution is 2.29. The number of rotatable bonds is 6. The average Bonchev–Trinajstić information content (AvgIpc) is 2.75. The molecule has 0 bridgehead atoms. The maximum atomic E-state index is 12.3. The minimum Gasteiger partial charge on any atom is -0.493 e. The summed E-state index contributed by atoms with van der Waals surface area (Å²) in [5, 5.41) is 4.23. The first-order chi connectivity index (χ1) is 14.5. The largest absolute Gasteiger partial charge is 0.493 e. The van der Waals surface area contributed by atoms with E-state index in [1.807, 2.05) is 6.92 Å². The molecule has 1 aromatic heterocycles. The summed E-state index contributed by atoms with van der Waals surface area (Å²) in [5.41, 5.74) is 4.53. The van der Waals surface area contributed by atoms with E-state index in [2.05, 4.69) is 15.5 Å². The molecule has 7 nitrogen and oxygen atoms in total. The molecule has 0 aliphatic rings. The Bertz CT molecular complexity index is 1100. The molecular formula is C22H18ClN3O4. The van der Waals surface area contributed by atoms with Gasteiger partial charge in [0.25, 0.3) is 5.91 Å². The number of esters is 1. The number of benzene rings is 2. The Morgan fingerprint density at radius 3 is 2.60 bits per heavy atom. The minimum atomic E-state index is -0.598. The van der Waals surface area contributed by atoms with Gasteiger partial charge in [-0.15, -0.1) is 0 Å². The van der Waals surface area contributed by atoms with Crippen molar-refractivity contribution in [2.45, 2.75) is 6.92 Å². The molecule has 1 N–H and O–H groups in total. The summed E-state index contributed by atoms with van der Waals surface area (Å²) in [5.74, 6) is -0.418. The molecule has 3 aromatic rings. The molecule has 1 amide bonds. The summed E-state index contributed by atoms with van der Waals surface area (Å²) in [7, 11) is 1.45. The van der Waals surface area contributed by atoms with Gasteiger partial charge in [0.05, 0.1) is 29.5 Å². The van der Waals surface area contributed by atoms with Gasteiger partial charge in [-0.1, -0.05) is 23.7 Å². The number of carbonyl (C=O) groups excluding carboxylic acids is 2. The number of ether oxygens (including phenoxy) is 2. The second-order valence-electron chi connectivity index (χ2n) is 6.17. The third kappa shape index (κ3) is 5.21. The summed E-state index contributed by atoms with van der Waals surface area (Å²) in [6.07, 6.45) is 2.92. The van der Waals surface area contributed by atoms with Gasteiger partial charge in [0, 0.05) is 11.9 Å². The number of halogens is 1. The fourth-order valence-corrected chi connectivity index (χ4v) is 2.68. The Kier molecular flexibility index (Phi) is 6.77. The van der Waals surface area contributed by atoms with Gasteiger partial charge in [-0.05, 0) is 55.0 Å². The fourth-order valence-electron chi connectivity index (χ4n) is 2.46. The molecule has 0 saturated carbocycles. The van der Waals surface area contributed by atoms with E-state index in [0.29, 0.717) is 21.9 Å². The molecular weight excluding hydrogens is 406 g/mol. The lowest BCUT2D eigenvalue weighted by Gasteiger charge is -2.10. The van der Waals surface area contributed by atoms with E-state index < -0.39 is 5.97 Å². The van der Waals surface area contributed by atoms with Crippen LogP contribution in [0, 0.1) is 6.92 Å². The predicted octanol–water partition coefficient (Wildman–Crippen LogP) is 4.04. The smallest absolute Gasteiger partial charge is 0.345 e. The van der Waals surface area contributed by atoms with E-state index in [4.69, 9.17) is 21.1 Å². The zero-order valence-electron chi connectivity index (χ0n) is 16.3. The SMILES string of the molecule is COc1cc(/C=N/NC(=O)c2ccc(C)nc2)ccc1OC(=O)c1ccccc1Cl. The van der Waals surface area contributed by atoms with E-state index in [1.54, 1.807) is 54.6 Å². The minimum absolute atomic E-state index is 0.231. The topological polar surface area (TPSA) is 89.9 Å². The normalized spacial score (nSPS) is 10.6. The van der Waals surface area contributed by atoms with Crippen LogP contribution in [0.2, 0.25) is 5.02 Å². The van der Waals surface area contributed by atoms with Crippen LogP contribution in [0.3, 0.4) is 0 Å². The van der Waals surface area contributed by atoms with Crippen molar-refractivity contribution >= 4 is 29.7 Å². The molecule has 0 spiro atoms. The van der Waals surface area contributed by atoms with Crippen LogP contribution in [0.1, 0.15) is 32.0 Å². The number of hydrogen-bond acceptors (Lipinski definition) is 6. The van der Waals surface area contributed by atoms with Crippen molar-refractivity contribution in [3.05, 3.63) is 88.2 Å². The lowest BCUT2D eigenvalue weighted by atomic mass is 10.2. The Labute approximate surface area is 178 Å². The van der Waals surface area contributed by atoms with Crippen LogP contribution in [-0.2, 0) is 0 Å². The van der Waals surface area contributed by atoms with Crippen LogP contribution in [0.15, 0.2) is 65.9 Å². The number of nitrogens with zero attached hydrogens (tertiary/aromatic N) is 2. The summed E-state index contributed by atoms with van der Waals surface area (Å²) in [6.45, 7) is 1.84. The van der Waals surface area contributed by atoms with Crippen LogP contribution in [0.25, 0.3) is 0 Å². The predicted molar refractivity (Wildman–Crippen MR) is 113 cm³/mol. The van der Waals surface area contributed by atoms with E-state index in [0.717, 1.165) is 5.69 Å². The zero-order chi connectivity index (χ0) is 21.5. The lowest BCUT2D eigenvalue weighted by molar-refractivity contribution is 0.0729. The van der Waals surface area contributed by atoms with Gasteiger partial charge in [0.2, 0.25) is 0 Å². The third-order valence-electron chi connectivity index (χ3n) is 4.04. The highest BCUT2D eigenvalue weighted by Gasteiger charge is 2.15. The fraction of sp³-hybridized carbons (Fsp3) is 0.0909. The van der Waals surface area contributed by atoms with Crippen molar-refractivity contribution in [3.63, 3.8) is 0 Å². The van der Waals surface area contributed by atoms with Gasteiger partial charge in [-0.3, -0.25) is 9.78 Å². The van der Waals surface area contributed by atoms with E-state index >= 15 is 0 Å². The maximum Gasteiger partial charge on any atom is 0.345 e. The summed E-state index contributed by atoms with van der Waals surface area (Å²) in [6, 6.07) is 14.9. The number of amides is 1. The quantitative estimate of drug-likeness (QED) is 0.280. The number of carbonyl (C=O) groups is 2. The van der Waals surface area contributed by atoms with Crippen molar-refractivity contribution in [1.82, 2.24) is 10.4 Å². The number of hydrogen-bond donors (Lipinski definition) is 1. The Hall–Kier alpha value is -3.71. The Balaban J connectivity index is 1.68. The molecule has 2 aromatic carbocycles. The zero-order valence-corrected chi connectivity index (χ0v) is 17.0. The second-order valence-corrected chi connectivity index (χ2v) is 6.57. The van der Waals surface area contributed by atoms with Gasteiger partial charge in [0.1, 0.15) is 0 Å². The van der Waals surface area contributed by atoms with E-state index in [1.165, 1.54) is 19.5 Å². The van der Waals surface area contributed by atoms with Crippen LogP contribution in [0.4, 0.5) is 0 Å². The first-order valence-corrected chi connectivity index (χ1v) is 9.26. The average molecular weight is 424 g/mol. The Morgan fingerprint density at radius 2 is 1.90 bits per heavy atom. The molecule has 30 heavy (non-hydrogen) atoms. The maximum absolute atomic E-state index is 12.3. The third-order valence-corrected chi connectivity index (χ3v) is 4.37. The highest BCUT2D eigenvalue weighted by molar-refractivity contribution is 6.33. The lowest BCUT2D eigenvalue weighted by Crippen LogP contribution is -2.17. The van der Waals surface area contributed by atoms with Gasteiger partial charge in [0.15, 0.2) is 11.5 Å². The number of aromatic nitrogens is 1. The van der Waals surface area contributed by atoms with Crippen LogP contribution in [-0.4, -0.2) is 30.2 Å². The molecule has 0 atom stereocenters. The molecule has 0 fully saturated rings. The Morgan fingerprint density at radius 1 is 1.10 bits per heavy atom. The summed E-state index contributed by atoms with van der Waals surface area (Å²) in [4.78, 5) is 28.5. The van der Waals surface area contributed by atoms with E-state index in [9.17, 15) is 9.59 Å². The number of nitrogens with one attached hydrogen (secondary N) is 1. The van der Waals surface area contributed by atoms with E-state index in [-0.39, 0.29) is 17.2 Å². The van der Waals surface area contributed by atoms with Crippen LogP contribution < -0.4 is 14.9 Å². The molecule has 8 heteroatoms. The number of pyridine rings is 1. The second kappa shape index (κ2) is 9.67. The van der Waals surface area contributed by atoms with Crippen molar-refractivity contribution < 1.29 is 19.1 Å². The molecule has 0 unspecified atom stereocenters. The van der Waals surface area contributed by atoms with Crippen molar-refractivity contribution in [1.29, 1.82) is 0 Å². The molecule has 0 aliphatic carbocycles. The van der Waals surface area contributed by atoms with Crippen LogP contribution >= 0.6 is 11.6 Å². The molecule has 152 valence electrons. The van der Waals surface area contributed by atoms with Crippen molar-refractivity contribution in [2.75, 3.05) is 7.11 Å². The standard InChI is InChI=1S/C22H18ClN3O4/c1-14-7-9-16(13-24-14)21(27)26-25-12-15-8-10-19(20(11-15)29-2)30-22(28)17-5-3-4-6-18(17)23/h3-13H,1-2H3,(H,26,27)/b25-12+. The molecule has 0 saturated heterocycles. The van der Waals surface area contributed by atoms with Gasteiger partial charge in [-0.2, -0.15) is 5.10 Å². The number of hydrazone groups is 1. The first-order valence-electron chi connectivity index (χ1n) is 8.88. The summed E-state index contributed by atoms with van der Waals surface area (Å²) < 4.78 is 10.7. The van der Waals surface area contributed by atoms with Gasteiger partial charge < -0.3 is 9.47 Å². The van der Waals surface area contributed by atoms with Gasteiger partial charge in [-0.25, -0.2) is 10.2 Å². The van der Waals surface area contributed by atoms with Crippen LogP contribution in [0.5, 0.6) is 11.5 Å². The number of aryl methyl sites for hydroxylation is 1. The van der Waals surface area contributed by atoms with Gasteiger partial charge >= 0.3 is 5.97 Å². The molecule has 3 rings (SSSR count). The monoisotopic (exact) mass is 423 g/mol. The molecule has 0 aliphatic heterocycles. The number of methoxy groups -OCH3 is 1. The molecule has 0 radical (unpaired) electrons. The summed E-state index contributed by atoms with van der Waals surface area (Å²) >= 11 is 6.03. The first kappa shape index (κ1) is 21.0. The highest BCUT2D eigenvalue weighted by atomic mass is 35.5. The van der Waals surface area contributed by atoms with Crippen molar-refractivity contribution in [2.24, 2.45) is 5.10 Å². The molecule has 1 heterocycles. The van der Waals surface area contributed by atoms with Crippen molar-refractivity contribution in [3.8, 4) is 11.5 Å².